The second-order valence-corrected chi connectivity index (χ2v) is 14.1. The highest BCUT2D eigenvalue weighted by atomic mass is 16.3. The first kappa shape index (κ1) is 30.0. The van der Waals surface area contributed by atoms with Gasteiger partial charge in [0.25, 0.3) is 0 Å². The predicted molar refractivity (Wildman–Crippen MR) is 225 cm³/mol. The first-order chi connectivity index (χ1) is 27.3. The molecule has 0 saturated heterocycles. The Morgan fingerprint density at radius 1 is 0.364 bits per heavy atom. The first-order valence-corrected chi connectivity index (χ1v) is 18.5. The smallest absolute Gasteiger partial charge is 0.160 e. The zero-order valence-corrected chi connectivity index (χ0v) is 29.4. The van der Waals surface area contributed by atoms with E-state index in [2.05, 4.69) is 120 Å². The standard InChI is InChI=1S/C50H29N3O2/c1-3-13-30(14-4-1)39-29-40(31-15-5-2-6-16-31)52-50(51-39)32-23-24-33-37(27-32)49-38(34-17-8-11-21-44(34)55-49)28-43(33)53-41-20-10-7-18-35(41)47-42(53)25-26-46-48(47)36-19-9-12-22-45(36)54-46/h1-29H. The van der Waals surface area contributed by atoms with E-state index in [1.807, 2.05) is 60.7 Å². The van der Waals surface area contributed by atoms with Crippen molar-refractivity contribution < 1.29 is 8.83 Å². The van der Waals surface area contributed by atoms with E-state index < -0.39 is 0 Å². The maximum absolute atomic E-state index is 6.72. The van der Waals surface area contributed by atoms with Crippen LogP contribution in [0.5, 0.6) is 0 Å². The molecule has 0 N–H and O–H groups in total. The summed E-state index contributed by atoms with van der Waals surface area (Å²) in [5, 5.41) is 8.80. The molecule has 8 aromatic carbocycles. The minimum absolute atomic E-state index is 0.655. The number of fused-ring (bicyclic) bond motifs is 12. The highest BCUT2D eigenvalue weighted by Gasteiger charge is 2.22. The number of benzene rings is 8. The van der Waals surface area contributed by atoms with Crippen LogP contribution in [0, 0.1) is 0 Å². The van der Waals surface area contributed by atoms with Gasteiger partial charge in [-0.05, 0) is 48.5 Å². The van der Waals surface area contributed by atoms with Crippen LogP contribution in [0.1, 0.15) is 0 Å². The normalized spacial score (nSPS) is 12.0. The lowest BCUT2D eigenvalue weighted by molar-refractivity contribution is 0.669. The maximum atomic E-state index is 6.72. The third-order valence-electron chi connectivity index (χ3n) is 11.0. The van der Waals surface area contributed by atoms with Crippen molar-refractivity contribution in [1.82, 2.24) is 14.5 Å². The zero-order valence-electron chi connectivity index (χ0n) is 29.4. The van der Waals surface area contributed by atoms with Gasteiger partial charge in [-0.2, -0.15) is 0 Å². The zero-order chi connectivity index (χ0) is 36.0. The van der Waals surface area contributed by atoms with Crippen LogP contribution in [0.4, 0.5) is 0 Å². The van der Waals surface area contributed by atoms with Gasteiger partial charge in [-0.3, -0.25) is 0 Å². The number of nitrogens with zero attached hydrogens (tertiary/aromatic N) is 3. The maximum Gasteiger partial charge on any atom is 0.160 e. The first-order valence-electron chi connectivity index (χ1n) is 18.5. The molecule has 0 saturated carbocycles. The van der Waals surface area contributed by atoms with Crippen LogP contribution in [0.3, 0.4) is 0 Å². The van der Waals surface area contributed by atoms with Crippen molar-refractivity contribution >= 4 is 76.5 Å². The molecular weight excluding hydrogens is 675 g/mol. The Bertz CT molecular complexity index is 3430. The van der Waals surface area contributed by atoms with E-state index >= 15 is 0 Å². The van der Waals surface area contributed by atoms with Gasteiger partial charge in [-0.1, -0.05) is 127 Å². The van der Waals surface area contributed by atoms with E-state index in [1.54, 1.807) is 0 Å². The molecular formula is C50H29N3O2. The number of rotatable bonds is 4. The number of aromatic nitrogens is 3. The van der Waals surface area contributed by atoms with E-state index in [0.717, 1.165) is 99.4 Å². The van der Waals surface area contributed by atoms with Crippen LogP contribution in [0.2, 0.25) is 0 Å². The fourth-order valence-electron chi connectivity index (χ4n) is 8.53. The summed E-state index contributed by atoms with van der Waals surface area (Å²) in [6, 6.07) is 61.2. The number of para-hydroxylation sites is 3. The second-order valence-electron chi connectivity index (χ2n) is 14.1. The van der Waals surface area contributed by atoms with Crippen LogP contribution < -0.4 is 0 Å². The second kappa shape index (κ2) is 11.5. The quantitative estimate of drug-likeness (QED) is 0.183. The molecule has 0 atom stereocenters. The fraction of sp³-hybridized carbons (Fsp3) is 0. The van der Waals surface area contributed by atoms with E-state index in [4.69, 9.17) is 18.8 Å². The molecule has 12 aromatic rings. The van der Waals surface area contributed by atoms with Gasteiger partial charge in [0.2, 0.25) is 0 Å². The molecule has 0 aliphatic heterocycles. The van der Waals surface area contributed by atoms with E-state index in [1.165, 1.54) is 10.8 Å². The summed E-state index contributed by atoms with van der Waals surface area (Å²) in [6.45, 7) is 0. The Hall–Kier alpha value is -7.50. The third kappa shape index (κ3) is 4.47. The summed E-state index contributed by atoms with van der Waals surface area (Å²) in [5.74, 6) is 0.655. The van der Waals surface area contributed by atoms with Crippen molar-refractivity contribution in [2.45, 2.75) is 0 Å². The number of furan rings is 2. The molecule has 0 fully saturated rings. The molecule has 0 radical (unpaired) electrons. The molecule has 0 bridgehead atoms. The van der Waals surface area contributed by atoms with E-state index in [-0.39, 0.29) is 0 Å². The molecule has 5 nitrogen and oxygen atoms in total. The summed E-state index contributed by atoms with van der Waals surface area (Å²) in [6.07, 6.45) is 0. The van der Waals surface area contributed by atoms with Crippen LogP contribution in [0.25, 0.3) is 116 Å². The van der Waals surface area contributed by atoms with E-state index in [0.29, 0.717) is 5.82 Å². The molecule has 0 unspecified atom stereocenters. The van der Waals surface area contributed by atoms with Crippen LogP contribution in [0.15, 0.2) is 185 Å². The lowest BCUT2D eigenvalue weighted by Gasteiger charge is -2.14. The average molecular weight is 704 g/mol. The van der Waals surface area contributed by atoms with Crippen LogP contribution in [-0.2, 0) is 0 Å². The number of hydrogen-bond donors (Lipinski definition) is 0. The van der Waals surface area contributed by atoms with Gasteiger partial charge < -0.3 is 13.4 Å². The predicted octanol–water partition coefficient (Wildman–Crippen LogP) is 13.5. The van der Waals surface area contributed by atoms with Gasteiger partial charge in [0, 0.05) is 59.8 Å². The highest BCUT2D eigenvalue weighted by molar-refractivity contribution is 6.28. The minimum Gasteiger partial charge on any atom is -0.456 e. The molecule has 256 valence electrons. The van der Waals surface area contributed by atoms with Gasteiger partial charge in [-0.15, -0.1) is 0 Å². The summed E-state index contributed by atoms with van der Waals surface area (Å²) in [7, 11) is 0. The molecule has 0 amide bonds. The lowest BCUT2D eigenvalue weighted by atomic mass is 10.0. The Labute approximate surface area is 314 Å². The summed E-state index contributed by atoms with van der Waals surface area (Å²) in [4.78, 5) is 10.4. The molecule has 5 heteroatoms. The largest absolute Gasteiger partial charge is 0.456 e. The monoisotopic (exact) mass is 703 g/mol. The molecule has 12 rings (SSSR count). The highest BCUT2D eigenvalue weighted by Crippen LogP contribution is 2.45. The number of hydrogen-bond acceptors (Lipinski definition) is 4. The van der Waals surface area contributed by atoms with Crippen LogP contribution >= 0.6 is 0 Å². The van der Waals surface area contributed by atoms with Gasteiger partial charge in [-0.25, -0.2) is 9.97 Å². The Kier molecular flexibility index (Phi) is 6.27. The van der Waals surface area contributed by atoms with Crippen molar-refractivity contribution in [2.24, 2.45) is 0 Å². The Morgan fingerprint density at radius 2 is 0.982 bits per heavy atom. The molecule has 4 aromatic heterocycles. The molecule has 0 aliphatic rings. The van der Waals surface area contributed by atoms with Gasteiger partial charge in [0.1, 0.15) is 22.3 Å². The van der Waals surface area contributed by atoms with Gasteiger partial charge >= 0.3 is 0 Å². The SMILES string of the molecule is c1ccc(-c2cc(-c3ccccc3)nc(-c3ccc4c(-n5c6ccccc6c6c7c(ccc65)oc5ccccc57)cc5c6ccccc6oc5c4c3)n2)cc1. The summed E-state index contributed by atoms with van der Waals surface area (Å²) < 4.78 is 15.5. The van der Waals surface area contributed by atoms with Gasteiger partial charge in [0.15, 0.2) is 5.82 Å². The minimum atomic E-state index is 0.655. The van der Waals surface area contributed by atoms with Crippen molar-refractivity contribution in [1.29, 1.82) is 0 Å². The van der Waals surface area contributed by atoms with E-state index in [9.17, 15) is 0 Å². The topological polar surface area (TPSA) is 57.0 Å². The Morgan fingerprint density at radius 3 is 1.73 bits per heavy atom. The Balaban J connectivity index is 1.17. The summed E-state index contributed by atoms with van der Waals surface area (Å²) >= 11 is 0. The van der Waals surface area contributed by atoms with Gasteiger partial charge in [0.05, 0.1) is 28.1 Å². The molecule has 0 aliphatic carbocycles. The van der Waals surface area contributed by atoms with Crippen molar-refractivity contribution in [3.8, 4) is 39.6 Å². The lowest BCUT2D eigenvalue weighted by Crippen LogP contribution is -1.98. The molecule has 4 heterocycles. The molecule has 55 heavy (non-hydrogen) atoms. The average Bonchev–Trinajstić information content (AvgIpc) is 3.93. The summed E-state index contributed by atoms with van der Waals surface area (Å²) in [5.41, 5.74) is 11.5. The third-order valence-corrected chi connectivity index (χ3v) is 11.0. The fourth-order valence-corrected chi connectivity index (χ4v) is 8.53. The molecule has 0 spiro atoms. The van der Waals surface area contributed by atoms with Crippen molar-refractivity contribution in [2.75, 3.05) is 0 Å². The van der Waals surface area contributed by atoms with Crippen LogP contribution in [-0.4, -0.2) is 14.5 Å². The van der Waals surface area contributed by atoms with Crippen molar-refractivity contribution in [3.05, 3.63) is 176 Å². The van der Waals surface area contributed by atoms with Crippen molar-refractivity contribution in [3.63, 3.8) is 0 Å².